The lowest BCUT2D eigenvalue weighted by Gasteiger charge is -2.03. The van der Waals surface area contributed by atoms with Crippen LogP contribution in [0.25, 0.3) is 11.3 Å². The van der Waals surface area contributed by atoms with Gasteiger partial charge in [0.1, 0.15) is 5.69 Å². The number of carbonyl (C=O) groups is 1. The van der Waals surface area contributed by atoms with Gasteiger partial charge in [-0.2, -0.15) is 0 Å². The quantitative estimate of drug-likeness (QED) is 0.878. The van der Waals surface area contributed by atoms with E-state index in [0.717, 1.165) is 14.9 Å². The van der Waals surface area contributed by atoms with Crippen molar-refractivity contribution in [2.45, 2.75) is 4.90 Å². The van der Waals surface area contributed by atoms with Gasteiger partial charge in [0.25, 0.3) is 0 Å². The Balaban J connectivity index is 2.51. The highest BCUT2D eigenvalue weighted by molar-refractivity contribution is 9.10. The SMILES string of the molecule is CSc1ccc(Br)cc1-c1cc(C(=O)O)on1. The number of thioether (sulfide) groups is 1. The number of carboxylic acids is 1. The minimum atomic E-state index is -1.12. The Morgan fingerprint density at radius 3 is 2.82 bits per heavy atom. The highest BCUT2D eigenvalue weighted by Crippen LogP contribution is 2.32. The number of halogens is 1. The van der Waals surface area contributed by atoms with Crippen LogP contribution >= 0.6 is 27.7 Å². The van der Waals surface area contributed by atoms with Gasteiger partial charge in [0.15, 0.2) is 0 Å². The smallest absolute Gasteiger partial charge is 0.374 e. The predicted molar refractivity (Wildman–Crippen MR) is 68.4 cm³/mol. The molecule has 1 heterocycles. The molecule has 0 saturated carbocycles. The van der Waals surface area contributed by atoms with Crippen LogP contribution in [0.15, 0.2) is 38.2 Å². The van der Waals surface area contributed by atoms with E-state index in [1.165, 1.54) is 6.07 Å². The van der Waals surface area contributed by atoms with Crippen LogP contribution < -0.4 is 0 Å². The van der Waals surface area contributed by atoms with Crippen molar-refractivity contribution in [1.82, 2.24) is 5.16 Å². The van der Waals surface area contributed by atoms with Crippen molar-refractivity contribution >= 4 is 33.7 Å². The van der Waals surface area contributed by atoms with Gasteiger partial charge in [0, 0.05) is 21.0 Å². The maximum absolute atomic E-state index is 10.7. The molecular formula is C11H8BrNO3S. The first-order chi connectivity index (χ1) is 8.11. The zero-order chi connectivity index (χ0) is 12.4. The minimum absolute atomic E-state index is 0.160. The summed E-state index contributed by atoms with van der Waals surface area (Å²) in [6.07, 6.45) is 1.95. The molecule has 0 bridgehead atoms. The number of hydrogen-bond donors (Lipinski definition) is 1. The molecule has 2 aromatic rings. The Morgan fingerprint density at radius 2 is 2.24 bits per heavy atom. The van der Waals surface area contributed by atoms with Crippen LogP contribution in [-0.4, -0.2) is 22.5 Å². The van der Waals surface area contributed by atoms with E-state index in [1.54, 1.807) is 11.8 Å². The first-order valence-corrected chi connectivity index (χ1v) is 6.67. The topological polar surface area (TPSA) is 63.3 Å². The lowest BCUT2D eigenvalue weighted by atomic mass is 10.1. The third-order valence-corrected chi connectivity index (χ3v) is 3.45. The lowest BCUT2D eigenvalue weighted by Crippen LogP contribution is -1.91. The number of benzene rings is 1. The maximum atomic E-state index is 10.7. The van der Waals surface area contributed by atoms with Crippen LogP contribution in [0, 0.1) is 0 Å². The van der Waals surface area contributed by atoms with Crippen molar-refractivity contribution in [2.24, 2.45) is 0 Å². The van der Waals surface area contributed by atoms with E-state index in [-0.39, 0.29) is 5.76 Å². The molecule has 2 rings (SSSR count). The highest BCUT2D eigenvalue weighted by Gasteiger charge is 2.14. The van der Waals surface area contributed by atoms with Crippen LogP contribution in [0.5, 0.6) is 0 Å². The minimum Gasteiger partial charge on any atom is -0.475 e. The summed E-state index contributed by atoms with van der Waals surface area (Å²) in [7, 11) is 0. The fourth-order valence-electron chi connectivity index (χ4n) is 1.38. The molecule has 0 aliphatic heterocycles. The van der Waals surface area contributed by atoms with Crippen LogP contribution in [-0.2, 0) is 0 Å². The molecule has 0 amide bonds. The fraction of sp³-hybridized carbons (Fsp3) is 0.0909. The normalized spacial score (nSPS) is 10.5. The summed E-state index contributed by atoms with van der Waals surface area (Å²) in [5.74, 6) is -1.28. The average Bonchev–Trinajstić information content (AvgIpc) is 2.78. The second-order valence-corrected chi connectivity index (χ2v) is 4.99. The molecule has 0 atom stereocenters. The zero-order valence-electron chi connectivity index (χ0n) is 8.81. The Labute approximate surface area is 110 Å². The standard InChI is InChI=1S/C11H8BrNO3S/c1-17-10-3-2-6(12)4-7(10)8-5-9(11(14)15)16-13-8/h2-5H,1H3,(H,14,15). The van der Waals surface area contributed by atoms with Gasteiger partial charge in [0.2, 0.25) is 5.76 Å². The van der Waals surface area contributed by atoms with E-state index >= 15 is 0 Å². The first kappa shape index (κ1) is 12.2. The van der Waals surface area contributed by atoms with Crippen molar-refractivity contribution in [3.05, 3.63) is 34.5 Å². The van der Waals surface area contributed by atoms with Crippen molar-refractivity contribution in [3.8, 4) is 11.3 Å². The molecule has 1 N–H and O–H groups in total. The zero-order valence-corrected chi connectivity index (χ0v) is 11.2. The van der Waals surface area contributed by atoms with E-state index in [0.29, 0.717) is 5.69 Å². The van der Waals surface area contributed by atoms with Crippen molar-refractivity contribution in [2.75, 3.05) is 6.26 Å². The van der Waals surface area contributed by atoms with E-state index in [1.807, 2.05) is 24.5 Å². The molecule has 6 heteroatoms. The van der Waals surface area contributed by atoms with E-state index in [2.05, 4.69) is 21.1 Å². The second-order valence-electron chi connectivity index (χ2n) is 3.23. The largest absolute Gasteiger partial charge is 0.475 e. The Hall–Kier alpha value is -1.27. The summed E-state index contributed by atoms with van der Waals surface area (Å²) in [6.45, 7) is 0. The van der Waals surface area contributed by atoms with Gasteiger partial charge in [0.05, 0.1) is 0 Å². The van der Waals surface area contributed by atoms with Gasteiger partial charge in [-0.25, -0.2) is 4.79 Å². The summed E-state index contributed by atoms with van der Waals surface area (Å²) in [5.41, 5.74) is 1.37. The van der Waals surface area contributed by atoms with Crippen LogP contribution in [0.3, 0.4) is 0 Å². The third kappa shape index (κ3) is 2.53. The molecule has 0 aliphatic rings. The van der Waals surface area contributed by atoms with Crippen molar-refractivity contribution in [1.29, 1.82) is 0 Å². The van der Waals surface area contributed by atoms with Gasteiger partial charge >= 0.3 is 5.97 Å². The molecule has 4 nitrogen and oxygen atoms in total. The molecule has 1 aromatic heterocycles. The number of aromatic carboxylic acids is 1. The van der Waals surface area contributed by atoms with Crippen molar-refractivity contribution < 1.29 is 14.4 Å². The fourth-order valence-corrected chi connectivity index (χ4v) is 2.33. The van der Waals surface area contributed by atoms with Gasteiger partial charge in [-0.05, 0) is 24.5 Å². The molecule has 88 valence electrons. The Morgan fingerprint density at radius 1 is 1.47 bits per heavy atom. The molecule has 0 fully saturated rings. The number of carboxylic acid groups (broad SMARTS) is 1. The molecule has 0 radical (unpaired) electrons. The van der Waals surface area contributed by atoms with E-state index < -0.39 is 5.97 Å². The predicted octanol–water partition coefficient (Wildman–Crippen LogP) is 3.52. The Bertz CT molecular complexity index is 568. The highest BCUT2D eigenvalue weighted by atomic mass is 79.9. The second kappa shape index (κ2) is 4.93. The monoisotopic (exact) mass is 313 g/mol. The van der Waals surface area contributed by atoms with Gasteiger partial charge in [-0.15, -0.1) is 11.8 Å². The lowest BCUT2D eigenvalue weighted by molar-refractivity contribution is 0.0652. The first-order valence-electron chi connectivity index (χ1n) is 4.65. The van der Waals surface area contributed by atoms with Gasteiger partial charge in [-0.1, -0.05) is 21.1 Å². The number of hydrogen-bond acceptors (Lipinski definition) is 4. The van der Waals surface area contributed by atoms with E-state index in [9.17, 15) is 4.79 Å². The molecule has 17 heavy (non-hydrogen) atoms. The molecular weight excluding hydrogens is 306 g/mol. The summed E-state index contributed by atoms with van der Waals surface area (Å²) in [5, 5.41) is 12.5. The average molecular weight is 314 g/mol. The maximum Gasteiger partial charge on any atom is 0.374 e. The third-order valence-electron chi connectivity index (χ3n) is 2.16. The Kier molecular flexibility index (Phi) is 3.54. The molecule has 1 aromatic carbocycles. The summed E-state index contributed by atoms with van der Waals surface area (Å²) in [4.78, 5) is 11.7. The molecule has 0 unspecified atom stereocenters. The van der Waals surface area contributed by atoms with Crippen LogP contribution in [0.4, 0.5) is 0 Å². The van der Waals surface area contributed by atoms with Gasteiger partial charge in [-0.3, -0.25) is 0 Å². The van der Waals surface area contributed by atoms with Crippen LogP contribution in [0.2, 0.25) is 0 Å². The van der Waals surface area contributed by atoms with E-state index in [4.69, 9.17) is 9.63 Å². The molecule has 0 spiro atoms. The molecule has 0 aliphatic carbocycles. The number of rotatable bonds is 3. The summed E-state index contributed by atoms with van der Waals surface area (Å²) < 4.78 is 5.65. The molecule has 0 saturated heterocycles. The van der Waals surface area contributed by atoms with Crippen molar-refractivity contribution in [3.63, 3.8) is 0 Å². The van der Waals surface area contributed by atoms with Crippen LogP contribution in [0.1, 0.15) is 10.6 Å². The summed E-state index contributed by atoms with van der Waals surface area (Å²) in [6, 6.07) is 7.17. The van der Waals surface area contributed by atoms with Gasteiger partial charge < -0.3 is 9.63 Å². The summed E-state index contributed by atoms with van der Waals surface area (Å²) >= 11 is 4.94. The number of aromatic nitrogens is 1. The number of nitrogens with zero attached hydrogens (tertiary/aromatic N) is 1.